The number of esters is 2. The third-order valence-electron chi connectivity index (χ3n) is 16.1. The quantitative estimate of drug-likeness (QED) is 0.156. The van der Waals surface area contributed by atoms with Gasteiger partial charge in [0.15, 0.2) is 5.78 Å². The second-order valence-corrected chi connectivity index (χ2v) is 21.7. The SMILES string of the molecule is CCC1C(C2=C(C(C)C)C(=O)CC2(C)C2(C)CN(Cc3ccc(C)cc3)C(=O)C(=O)O2)CCC2C1(C)CCC1C(C)(C)C(OC(=O)CC(C)(C)C)CCC12C.O=CO. The summed E-state index contributed by atoms with van der Waals surface area (Å²) in [7, 11) is 0. The Kier molecular flexibility index (Phi) is 12.7. The summed E-state index contributed by atoms with van der Waals surface area (Å²) in [5.41, 5.74) is 2.30. The Labute approximate surface area is 348 Å². The maximum Gasteiger partial charge on any atom is 0.397 e. The standard InChI is InChI=1S/C48H71NO6.CH2O2/c1-14-33-32(19-20-36-45(33,10)23-21-35-44(8,9)37(22-24-46(35,36)11)54-38(51)26-43(5,6)7)40-39(29(2)3)34(50)25-47(40,12)48(13)28-49(41(52)42(53)55-48)27-31-17-15-30(4)16-18-31;2-1-3/h15-18,29,32-33,35-37H,14,19-28H2,1-13H3;1H,(H,2,3). The summed E-state index contributed by atoms with van der Waals surface area (Å²) >= 11 is 0. The lowest BCUT2D eigenvalue weighted by Crippen LogP contribution is -2.64. The Bertz CT molecular complexity index is 1790. The largest absolute Gasteiger partial charge is 0.483 e. The number of morpholine rings is 1. The van der Waals surface area contributed by atoms with Gasteiger partial charge < -0.3 is 19.5 Å². The number of carbonyl (C=O) groups excluding carboxylic acids is 4. The third-order valence-corrected chi connectivity index (χ3v) is 16.1. The van der Waals surface area contributed by atoms with Crippen molar-refractivity contribution in [3.8, 4) is 0 Å². The predicted molar refractivity (Wildman–Crippen MR) is 225 cm³/mol. The van der Waals surface area contributed by atoms with Crippen molar-refractivity contribution in [2.45, 2.75) is 166 Å². The van der Waals surface area contributed by atoms with Gasteiger partial charge in [-0.25, -0.2) is 4.79 Å². The molecule has 6 rings (SSSR count). The monoisotopic (exact) mass is 804 g/mol. The highest BCUT2D eigenvalue weighted by Gasteiger charge is 2.67. The molecule has 9 unspecified atom stereocenters. The van der Waals surface area contributed by atoms with Gasteiger partial charge in [-0.1, -0.05) is 112 Å². The minimum absolute atomic E-state index is 0.0332. The molecule has 4 fully saturated rings. The minimum atomic E-state index is -1.07. The first-order valence-corrected chi connectivity index (χ1v) is 22.0. The lowest BCUT2D eigenvalue weighted by atomic mass is 9.37. The van der Waals surface area contributed by atoms with Crippen LogP contribution < -0.4 is 0 Å². The molecule has 9 heteroatoms. The number of fused-ring (bicyclic) bond motifs is 3. The molecule has 1 heterocycles. The van der Waals surface area contributed by atoms with Gasteiger partial charge in [-0.05, 0) is 115 Å². The topological polar surface area (TPSA) is 127 Å². The number of carboxylic acid groups (broad SMARTS) is 1. The van der Waals surface area contributed by atoms with E-state index in [2.05, 4.69) is 76.2 Å². The zero-order chi connectivity index (χ0) is 43.4. The third kappa shape index (κ3) is 7.93. The summed E-state index contributed by atoms with van der Waals surface area (Å²) in [4.78, 5) is 64.4. The molecule has 1 aromatic rings. The Morgan fingerprint density at radius 1 is 0.948 bits per heavy atom. The number of ketones is 1. The van der Waals surface area contributed by atoms with Crippen LogP contribution in [0.2, 0.25) is 0 Å². The zero-order valence-corrected chi connectivity index (χ0v) is 37.9. The van der Waals surface area contributed by atoms with E-state index >= 15 is 0 Å². The van der Waals surface area contributed by atoms with Gasteiger partial charge >= 0.3 is 17.8 Å². The summed E-state index contributed by atoms with van der Waals surface area (Å²) in [6.07, 6.45) is 7.80. The number of hydrogen-bond acceptors (Lipinski definition) is 7. The molecule has 0 bridgehead atoms. The minimum Gasteiger partial charge on any atom is -0.483 e. The Balaban J connectivity index is 0.00000207. The van der Waals surface area contributed by atoms with Crippen LogP contribution in [0, 0.1) is 63.6 Å². The van der Waals surface area contributed by atoms with Crippen LogP contribution in [0.5, 0.6) is 0 Å². The normalized spacial score (nSPS) is 36.1. The number of allylic oxidation sites excluding steroid dienone is 1. The van der Waals surface area contributed by atoms with E-state index in [1.807, 2.05) is 38.1 Å². The summed E-state index contributed by atoms with van der Waals surface area (Å²) in [6, 6.07) is 8.07. The Morgan fingerprint density at radius 2 is 1.55 bits per heavy atom. The van der Waals surface area contributed by atoms with E-state index in [9.17, 15) is 19.2 Å². The summed E-state index contributed by atoms with van der Waals surface area (Å²) in [6.45, 7) is 29.2. The first kappa shape index (κ1) is 45.6. The smallest absolute Gasteiger partial charge is 0.397 e. The van der Waals surface area contributed by atoms with Crippen molar-refractivity contribution in [1.29, 1.82) is 0 Å². The predicted octanol–water partition coefficient (Wildman–Crippen LogP) is 9.91. The van der Waals surface area contributed by atoms with Crippen LogP contribution in [-0.4, -0.2) is 58.4 Å². The van der Waals surface area contributed by atoms with Crippen LogP contribution in [0.4, 0.5) is 0 Å². The molecule has 1 aliphatic heterocycles. The molecule has 4 aliphatic carbocycles. The van der Waals surface area contributed by atoms with E-state index in [-0.39, 0.29) is 70.8 Å². The van der Waals surface area contributed by atoms with Gasteiger partial charge in [-0.15, -0.1) is 0 Å². The fourth-order valence-corrected chi connectivity index (χ4v) is 13.5. The molecule has 58 heavy (non-hydrogen) atoms. The van der Waals surface area contributed by atoms with Gasteiger partial charge in [0, 0.05) is 23.8 Å². The molecule has 0 aromatic heterocycles. The number of ether oxygens (including phenoxy) is 2. The summed E-state index contributed by atoms with van der Waals surface area (Å²) in [5, 5.41) is 6.89. The van der Waals surface area contributed by atoms with Crippen molar-refractivity contribution in [1.82, 2.24) is 4.90 Å². The average Bonchev–Trinajstić information content (AvgIpc) is 3.39. The first-order chi connectivity index (χ1) is 26.8. The fraction of sp³-hybridized carbons (Fsp3) is 0.735. The van der Waals surface area contributed by atoms with Crippen LogP contribution in [0.25, 0.3) is 0 Å². The van der Waals surface area contributed by atoms with Crippen molar-refractivity contribution >= 4 is 30.1 Å². The summed E-state index contributed by atoms with van der Waals surface area (Å²) in [5.74, 6) is 0.117. The first-order valence-electron chi connectivity index (χ1n) is 22.0. The number of Topliss-reactive ketones (excluding diaryl/α,β-unsaturated/α-hetero) is 1. The molecule has 9 atom stereocenters. The van der Waals surface area contributed by atoms with Crippen LogP contribution in [-0.2, 0) is 40.0 Å². The molecule has 1 aromatic carbocycles. The molecular weight excluding hydrogens is 731 g/mol. The highest BCUT2D eigenvalue weighted by Crippen LogP contribution is 2.72. The van der Waals surface area contributed by atoms with Gasteiger partial charge in [0.05, 0.1) is 13.0 Å². The molecule has 1 saturated heterocycles. The number of nitrogens with zero attached hydrogens (tertiary/aromatic N) is 1. The van der Waals surface area contributed by atoms with Crippen molar-refractivity contribution in [2.24, 2.45) is 56.7 Å². The lowest BCUT2D eigenvalue weighted by Gasteiger charge is -2.68. The van der Waals surface area contributed by atoms with E-state index in [1.165, 1.54) is 5.57 Å². The van der Waals surface area contributed by atoms with Crippen LogP contribution in [0.1, 0.15) is 152 Å². The van der Waals surface area contributed by atoms with Crippen molar-refractivity contribution in [3.63, 3.8) is 0 Å². The van der Waals surface area contributed by atoms with Crippen LogP contribution in [0.15, 0.2) is 35.4 Å². The Morgan fingerprint density at radius 3 is 2.12 bits per heavy atom. The number of hydrogen-bond donors (Lipinski definition) is 1. The van der Waals surface area contributed by atoms with Crippen molar-refractivity contribution < 1.29 is 38.6 Å². The van der Waals surface area contributed by atoms with E-state index in [1.54, 1.807) is 4.90 Å². The van der Waals surface area contributed by atoms with Crippen molar-refractivity contribution in [2.75, 3.05) is 6.54 Å². The molecule has 5 aliphatic rings. The molecule has 0 radical (unpaired) electrons. The van der Waals surface area contributed by atoms with Gasteiger partial charge in [0.25, 0.3) is 6.47 Å². The average molecular weight is 804 g/mol. The molecular formula is C49H73NO8. The van der Waals surface area contributed by atoms with Gasteiger partial charge in [0.2, 0.25) is 0 Å². The number of carbonyl (C=O) groups is 5. The Hall–Kier alpha value is -3.49. The van der Waals surface area contributed by atoms with Gasteiger partial charge in [0.1, 0.15) is 11.7 Å². The summed E-state index contributed by atoms with van der Waals surface area (Å²) < 4.78 is 12.6. The van der Waals surface area contributed by atoms with E-state index in [0.29, 0.717) is 30.7 Å². The second kappa shape index (κ2) is 16.2. The molecule has 9 nitrogen and oxygen atoms in total. The highest BCUT2D eigenvalue weighted by molar-refractivity contribution is 6.33. The number of rotatable bonds is 8. The molecule has 322 valence electrons. The van der Waals surface area contributed by atoms with Crippen LogP contribution in [0.3, 0.4) is 0 Å². The molecule has 0 spiro atoms. The number of aryl methyl sites for hydroxylation is 1. The van der Waals surface area contributed by atoms with Gasteiger partial charge in [-0.3, -0.25) is 19.2 Å². The van der Waals surface area contributed by atoms with Crippen molar-refractivity contribution in [3.05, 3.63) is 46.5 Å². The fourth-order valence-electron chi connectivity index (χ4n) is 13.5. The second-order valence-electron chi connectivity index (χ2n) is 21.7. The van der Waals surface area contributed by atoms with Crippen LogP contribution >= 0.6 is 0 Å². The highest BCUT2D eigenvalue weighted by atomic mass is 16.6. The number of cyclic esters (lactones) is 1. The molecule has 3 saturated carbocycles. The molecule has 1 amide bonds. The van der Waals surface area contributed by atoms with E-state index in [0.717, 1.165) is 61.6 Å². The number of benzene rings is 1. The maximum atomic E-state index is 14.4. The zero-order valence-electron chi connectivity index (χ0n) is 37.9. The van der Waals surface area contributed by atoms with E-state index < -0.39 is 22.9 Å². The lowest BCUT2D eigenvalue weighted by molar-refractivity contribution is -0.212. The van der Waals surface area contributed by atoms with E-state index in [4.69, 9.17) is 19.4 Å². The maximum absolute atomic E-state index is 14.4. The number of amides is 1. The van der Waals surface area contributed by atoms with Gasteiger partial charge in [-0.2, -0.15) is 0 Å². The molecule has 1 N–H and O–H groups in total.